The molecule has 0 bridgehead atoms. The van der Waals surface area contributed by atoms with Gasteiger partial charge in [0.15, 0.2) is 0 Å². The van der Waals surface area contributed by atoms with Gasteiger partial charge in [-0.2, -0.15) is 5.10 Å². The Morgan fingerprint density at radius 2 is 1.88 bits per heavy atom. The normalized spacial score (nSPS) is 16.0. The molecule has 3 aromatic rings. The Morgan fingerprint density at radius 3 is 2.67 bits per heavy atom. The Bertz CT molecular complexity index is 763. The minimum atomic E-state index is 0. The maximum atomic E-state index is 4.08. The smallest absolute Gasteiger partial charge is 0.0651 e. The molecule has 1 aliphatic heterocycles. The lowest BCUT2D eigenvalue weighted by Crippen LogP contribution is -2.38. The molecule has 0 saturated carbocycles. The van der Waals surface area contributed by atoms with Gasteiger partial charge in [-0.25, -0.2) is 0 Å². The van der Waals surface area contributed by atoms with Gasteiger partial charge in [0.25, 0.3) is 0 Å². The number of piperidine rings is 1. The van der Waals surface area contributed by atoms with E-state index in [-0.39, 0.29) is 12.4 Å². The Balaban J connectivity index is 0.00000169. The van der Waals surface area contributed by atoms with E-state index in [2.05, 4.69) is 68.9 Å². The summed E-state index contributed by atoms with van der Waals surface area (Å²) in [5.41, 5.74) is 3.69. The predicted octanol–water partition coefficient (Wildman–Crippen LogP) is 4.06. The van der Waals surface area contributed by atoms with Gasteiger partial charge in [-0.1, -0.05) is 30.3 Å². The summed E-state index contributed by atoms with van der Waals surface area (Å²) >= 11 is 0. The van der Waals surface area contributed by atoms with E-state index in [4.69, 9.17) is 0 Å². The molecular weight excluding hydrogens is 320 g/mol. The molecule has 126 valence electrons. The molecule has 24 heavy (non-hydrogen) atoms. The van der Waals surface area contributed by atoms with E-state index in [0.29, 0.717) is 6.04 Å². The minimum Gasteiger partial charge on any atom is -0.382 e. The second-order valence-corrected chi connectivity index (χ2v) is 6.35. The maximum Gasteiger partial charge on any atom is 0.0651 e. The largest absolute Gasteiger partial charge is 0.382 e. The Kier molecular flexibility index (Phi) is 5.38. The molecule has 4 nitrogen and oxygen atoms in total. The van der Waals surface area contributed by atoms with Crippen molar-refractivity contribution in [2.24, 2.45) is 0 Å². The highest BCUT2D eigenvalue weighted by Crippen LogP contribution is 2.21. The fraction of sp³-hybridized carbons (Fsp3) is 0.316. The molecule has 2 N–H and O–H groups in total. The number of fused-ring (bicyclic) bond motifs is 1. The van der Waals surface area contributed by atoms with Crippen molar-refractivity contribution >= 4 is 29.0 Å². The van der Waals surface area contributed by atoms with Crippen molar-refractivity contribution in [3.8, 4) is 0 Å². The molecule has 1 saturated heterocycles. The van der Waals surface area contributed by atoms with Crippen molar-refractivity contribution in [2.75, 3.05) is 18.4 Å². The van der Waals surface area contributed by atoms with Crippen LogP contribution in [0.4, 0.5) is 5.69 Å². The number of nitrogens with zero attached hydrogens (tertiary/aromatic N) is 2. The third kappa shape index (κ3) is 3.89. The van der Waals surface area contributed by atoms with Gasteiger partial charge in [0.2, 0.25) is 0 Å². The lowest BCUT2D eigenvalue weighted by atomic mass is 10.0. The van der Waals surface area contributed by atoms with Crippen LogP contribution in [0, 0.1) is 0 Å². The molecule has 0 spiro atoms. The summed E-state index contributed by atoms with van der Waals surface area (Å²) in [7, 11) is 0. The fourth-order valence-corrected chi connectivity index (χ4v) is 3.35. The summed E-state index contributed by atoms with van der Waals surface area (Å²) < 4.78 is 0. The number of aromatic amines is 1. The van der Waals surface area contributed by atoms with Crippen LogP contribution in [0.25, 0.3) is 10.9 Å². The number of aromatic nitrogens is 2. The van der Waals surface area contributed by atoms with Crippen LogP contribution in [0.3, 0.4) is 0 Å². The highest BCUT2D eigenvalue weighted by atomic mass is 35.5. The van der Waals surface area contributed by atoms with Gasteiger partial charge in [0.05, 0.1) is 11.7 Å². The molecule has 0 amide bonds. The summed E-state index contributed by atoms with van der Waals surface area (Å²) in [6.07, 6.45) is 4.26. The fourth-order valence-electron chi connectivity index (χ4n) is 3.35. The topological polar surface area (TPSA) is 44.0 Å². The number of H-pyrrole nitrogens is 1. The number of likely N-dealkylation sites (tertiary alicyclic amines) is 1. The zero-order valence-electron chi connectivity index (χ0n) is 13.6. The molecule has 1 aliphatic rings. The first-order chi connectivity index (χ1) is 11.4. The van der Waals surface area contributed by atoms with Gasteiger partial charge in [0.1, 0.15) is 0 Å². The zero-order chi connectivity index (χ0) is 15.5. The van der Waals surface area contributed by atoms with E-state index in [1.165, 1.54) is 24.1 Å². The molecule has 2 heterocycles. The summed E-state index contributed by atoms with van der Waals surface area (Å²) in [6, 6.07) is 17.7. The monoisotopic (exact) mass is 342 g/mol. The maximum absolute atomic E-state index is 4.08. The number of rotatable bonds is 4. The molecule has 0 radical (unpaired) electrons. The van der Waals surface area contributed by atoms with Gasteiger partial charge < -0.3 is 5.32 Å². The highest BCUT2D eigenvalue weighted by molar-refractivity contribution is 5.85. The van der Waals surface area contributed by atoms with E-state index in [0.717, 1.165) is 30.5 Å². The van der Waals surface area contributed by atoms with Gasteiger partial charge in [0, 0.05) is 36.7 Å². The Hall–Kier alpha value is -2.04. The second kappa shape index (κ2) is 7.69. The van der Waals surface area contributed by atoms with Crippen LogP contribution in [0.2, 0.25) is 0 Å². The summed E-state index contributed by atoms with van der Waals surface area (Å²) in [4.78, 5) is 2.55. The van der Waals surface area contributed by atoms with Crippen LogP contribution in [-0.4, -0.2) is 34.2 Å². The van der Waals surface area contributed by atoms with E-state index in [1.54, 1.807) is 0 Å². The molecule has 5 heteroatoms. The number of hydrogen-bond acceptors (Lipinski definition) is 3. The first-order valence-corrected chi connectivity index (χ1v) is 8.33. The average Bonchev–Trinajstić information content (AvgIpc) is 3.05. The highest BCUT2D eigenvalue weighted by Gasteiger charge is 2.19. The molecule has 1 aromatic heterocycles. The molecule has 2 aromatic carbocycles. The Labute approximate surface area is 148 Å². The standard InChI is InChI=1S/C19H22N4.ClH/c1-2-4-15(5-3-1)14-23-10-8-17(9-11-23)21-18-6-7-19-16(12-18)13-20-22-19;/h1-7,12-13,17,21H,8-11,14H2,(H,20,22);1H. The minimum absolute atomic E-state index is 0. The van der Waals surface area contributed by atoms with Crippen LogP contribution in [0.5, 0.6) is 0 Å². The van der Waals surface area contributed by atoms with Crippen LogP contribution < -0.4 is 5.32 Å². The number of nitrogens with one attached hydrogen (secondary N) is 2. The third-order valence-electron chi connectivity index (χ3n) is 4.65. The van der Waals surface area contributed by atoms with Crippen LogP contribution >= 0.6 is 12.4 Å². The van der Waals surface area contributed by atoms with Gasteiger partial charge >= 0.3 is 0 Å². The first kappa shape index (κ1) is 16.8. The molecule has 0 unspecified atom stereocenters. The average molecular weight is 343 g/mol. The molecule has 0 atom stereocenters. The summed E-state index contributed by atoms with van der Waals surface area (Å²) in [6.45, 7) is 3.37. The lowest BCUT2D eigenvalue weighted by Gasteiger charge is -2.33. The van der Waals surface area contributed by atoms with Gasteiger partial charge in [-0.15, -0.1) is 12.4 Å². The van der Waals surface area contributed by atoms with E-state index in [1.807, 2.05) is 6.20 Å². The van der Waals surface area contributed by atoms with Crippen molar-refractivity contribution in [1.82, 2.24) is 15.1 Å². The SMILES string of the molecule is Cl.c1ccc(CN2CCC(Nc3ccc4[nH]ncc4c3)CC2)cc1. The molecular formula is C19H23ClN4. The number of halogens is 1. The van der Waals surface area contributed by atoms with E-state index >= 15 is 0 Å². The lowest BCUT2D eigenvalue weighted by molar-refractivity contribution is 0.211. The zero-order valence-corrected chi connectivity index (χ0v) is 14.4. The summed E-state index contributed by atoms with van der Waals surface area (Å²) in [5, 5.41) is 11.9. The van der Waals surface area contributed by atoms with E-state index < -0.39 is 0 Å². The van der Waals surface area contributed by atoms with Crippen molar-refractivity contribution in [1.29, 1.82) is 0 Å². The Morgan fingerprint density at radius 1 is 1.08 bits per heavy atom. The third-order valence-corrected chi connectivity index (χ3v) is 4.65. The summed E-state index contributed by atoms with van der Waals surface area (Å²) in [5.74, 6) is 0. The molecule has 4 rings (SSSR count). The van der Waals surface area contributed by atoms with Crippen molar-refractivity contribution in [2.45, 2.75) is 25.4 Å². The number of hydrogen-bond donors (Lipinski definition) is 2. The number of anilines is 1. The van der Waals surface area contributed by atoms with Crippen LogP contribution in [-0.2, 0) is 6.54 Å². The molecule has 0 aliphatic carbocycles. The van der Waals surface area contributed by atoms with E-state index in [9.17, 15) is 0 Å². The molecule has 1 fully saturated rings. The van der Waals surface area contributed by atoms with Crippen molar-refractivity contribution in [3.05, 3.63) is 60.3 Å². The van der Waals surface area contributed by atoms with Crippen LogP contribution in [0.1, 0.15) is 18.4 Å². The first-order valence-electron chi connectivity index (χ1n) is 8.33. The second-order valence-electron chi connectivity index (χ2n) is 6.35. The van der Waals surface area contributed by atoms with Crippen LogP contribution in [0.15, 0.2) is 54.7 Å². The van der Waals surface area contributed by atoms with Crippen molar-refractivity contribution in [3.63, 3.8) is 0 Å². The van der Waals surface area contributed by atoms with Gasteiger partial charge in [-0.05, 0) is 36.6 Å². The van der Waals surface area contributed by atoms with Crippen molar-refractivity contribution < 1.29 is 0 Å². The quantitative estimate of drug-likeness (QED) is 0.751. The predicted molar refractivity (Wildman–Crippen MR) is 102 cm³/mol. The van der Waals surface area contributed by atoms with Gasteiger partial charge in [-0.3, -0.25) is 10.00 Å². The number of benzene rings is 2.